The number of nitrogens with zero attached hydrogens (tertiary/aromatic N) is 7. The van der Waals surface area contributed by atoms with Crippen LogP contribution >= 0.6 is 0 Å². The first-order valence-corrected chi connectivity index (χ1v) is 11.4. The fourth-order valence-electron chi connectivity index (χ4n) is 4.31. The Balaban J connectivity index is 1.47. The number of aromatic nitrogens is 5. The Kier molecular flexibility index (Phi) is 5.52. The van der Waals surface area contributed by atoms with Crippen molar-refractivity contribution in [2.75, 3.05) is 62.4 Å². The summed E-state index contributed by atoms with van der Waals surface area (Å²) in [6, 6.07) is 6.99. The summed E-state index contributed by atoms with van der Waals surface area (Å²) in [4.78, 5) is 33.9. The molecule has 3 aromatic rings. The molecule has 2 aliphatic heterocycles. The average molecular weight is 496 g/mol. The van der Waals surface area contributed by atoms with E-state index in [9.17, 15) is 9.59 Å². The Bertz CT molecular complexity index is 1400. The third kappa shape index (κ3) is 4.70. The van der Waals surface area contributed by atoms with Crippen LogP contribution < -0.4 is 20.9 Å². The molecule has 0 unspecified atom stereocenters. The maximum atomic E-state index is 12.8. The fourth-order valence-corrected chi connectivity index (χ4v) is 4.31. The zero-order chi connectivity index (χ0) is 27.7. The third-order valence-electron chi connectivity index (χ3n) is 5.91. The smallest absolute Gasteiger partial charge is 0.273 e. The molecule has 0 aliphatic carbocycles. The van der Waals surface area contributed by atoms with E-state index in [4.69, 9.17) is 8.85 Å². The van der Waals surface area contributed by atoms with E-state index in [1.807, 2.05) is 47.3 Å². The van der Waals surface area contributed by atoms with Crippen LogP contribution in [0.1, 0.15) is 26.2 Å². The largest absolute Gasteiger partial charge is 0.379 e. The number of hydrogen-bond acceptors (Lipinski definition) is 10. The van der Waals surface area contributed by atoms with Gasteiger partial charge in [-0.15, -0.1) is 10.2 Å². The number of hydrogen-bond donors (Lipinski definition) is 3. The fraction of sp³-hybridized carbons (Fsp3) is 0.391. The summed E-state index contributed by atoms with van der Waals surface area (Å²) in [7, 11) is 1.90. The standard InChI is InChI=1S/C23H28N10O3/c1-14-25-19-12-31(3)22-15(5-4-6-17(22)33(19)30-14)26-16-11-18(28-29-21(16)23(35)24-2)27-20(34)13-32-7-9-36-10-8-32/h4-6,11H,7-10,12-13H2,1-3H3,(H,24,35)(H2,26,27,28,34)/i2D3. The molecule has 5 rings (SSSR count). The van der Waals surface area contributed by atoms with Crippen molar-refractivity contribution in [3.05, 3.63) is 41.6 Å². The lowest BCUT2D eigenvalue weighted by atomic mass is 10.1. The maximum Gasteiger partial charge on any atom is 0.273 e. The van der Waals surface area contributed by atoms with Gasteiger partial charge in [-0.25, -0.2) is 9.67 Å². The number of aryl methyl sites for hydroxylation is 1. The highest BCUT2D eigenvalue weighted by Gasteiger charge is 2.26. The maximum absolute atomic E-state index is 12.8. The van der Waals surface area contributed by atoms with Crippen LogP contribution in [0.3, 0.4) is 0 Å². The van der Waals surface area contributed by atoms with Gasteiger partial charge in [-0.05, 0) is 19.1 Å². The van der Waals surface area contributed by atoms with Crippen molar-refractivity contribution in [1.82, 2.24) is 35.2 Å². The first-order valence-electron chi connectivity index (χ1n) is 12.9. The normalized spacial score (nSPS) is 16.7. The van der Waals surface area contributed by atoms with Gasteiger partial charge in [0.1, 0.15) is 5.82 Å². The van der Waals surface area contributed by atoms with Crippen molar-refractivity contribution in [3.8, 4) is 5.69 Å². The van der Waals surface area contributed by atoms with Gasteiger partial charge >= 0.3 is 0 Å². The van der Waals surface area contributed by atoms with E-state index in [-0.39, 0.29) is 29.7 Å². The van der Waals surface area contributed by atoms with Crippen LogP contribution in [0.4, 0.5) is 22.9 Å². The lowest BCUT2D eigenvalue weighted by molar-refractivity contribution is -0.118. The second kappa shape index (κ2) is 9.87. The lowest BCUT2D eigenvalue weighted by Gasteiger charge is -2.29. The van der Waals surface area contributed by atoms with E-state index in [0.717, 1.165) is 17.2 Å². The SMILES string of the molecule is [2H]C([2H])([2H])NC(=O)c1nnc(NC(=O)CN2CCOCC2)cc1Nc1cccc2c1N(C)Cc1nc(C)nn1-2. The molecule has 0 saturated carbocycles. The number of fused-ring (bicyclic) bond motifs is 3. The van der Waals surface area contributed by atoms with E-state index < -0.39 is 12.9 Å². The van der Waals surface area contributed by atoms with Gasteiger partial charge in [-0.1, -0.05) is 6.07 Å². The molecule has 188 valence electrons. The molecule has 0 radical (unpaired) electrons. The Hall–Kier alpha value is -4.10. The quantitative estimate of drug-likeness (QED) is 0.447. The van der Waals surface area contributed by atoms with E-state index in [1.54, 1.807) is 4.68 Å². The molecule has 3 N–H and O–H groups in total. The number of carbonyl (C=O) groups excluding carboxylic acids is 2. The number of rotatable bonds is 6. The zero-order valence-electron chi connectivity index (χ0n) is 22.9. The van der Waals surface area contributed by atoms with Crippen molar-refractivity contribution in [2.24, 2.45) is 0 Å². The molecule has 13 nitrogen and oxygen atoms in total. The summed E-state index contributed by atoms with van der Waals surface area (Å²) < 4.78 is 29.3. The molecule has 36 heavy (non-hydrogen) atoms. The van der Waals surface area contributed by atoms with Crippen LogP contribution in [0.2, 0.25) is 0 Å². The first-order chi connectivity index (χ1) is 18.6. The minimum atomic E-state index is -2.73. The number of anilines is 4. The Morgan fingerprint density at radius 2 is 2.03 bits per heavy atom. The molecule has 0 atom stereocenters. The molecule has 2 aliphatic rings. The Morgan fingerprint density at radius 1 is 1.19 bits per heavy atom. The van der Waals surface area contributed by atoms with Crippen molar-refractivity contribution in [1.29, 1.82) is 0 Å². The molecule has 4 heterocycles. The predicted molar refractivity (Wildman–Crippen MR) is 133 cm³/mol. The third-order valence-corrected chi connectivity index (χ3v) is 5.91. The van der Waals surface area contributed by atoms with Crippen molar-refractivity contribution in [2.45, 2.75) is 13.5 Å². The number of ether oxygens (including phenoxy) is 1. The Labute approximate surface area is 212 Å². The predicted octanol–water partition coefficient (Wildman–Crippen LogP) is 0.689. The van der Waals surface area contributed by atoms with Gasteiger partial charge in [0.2, 0.25) is 5.91 Å². The van der Waals surface area contributed by atoms with Gasteiger partial charge in [0.15, 0.2) is 17.3 Å². The van der Waals surface area contributed by atoms with Crippen molar-refractivity contribution in [3.63, 3.8) is 0 Å². The summed E-state index contributed by atoms with van der Waals surface area (Å²) in [5, 5.41) is 20.3. The number of nitrogens with one attached hydrogen (secondary N) is 3. The van der Waals surface area contributed by atoms with Gasteiger partial charge in [0.05, 0.1) is 49.1 Å². The Morgan fingerprint density at radius 3 is 2.83 bits per heavy atom. The van der Waals surface area contributed by atoms with Gasteiger partial charge < -0.3 is 25.6 Å². The summed E-state index contributed by atoms with van der Waals surface area (Å²) in [5.41, 5.74) is 2.09. The second-order valence-electron chi connectivity index (χ2n) is 8.52. The number of morpholine rings is 1. The molecule has 2 amide bonds. The number of para-hydroxylation sites is 1. The molecule has 1 saturated heterocycles. The molecular formula is C23H28N10O3. The first kappa shape index (κ1) is 20.1. The molecule has 0 spiro atoms. The molecule has 0 bridgehead atoms. The van der Waals surface area contributed by atoms with Crippen molar-refractivity contribution >= 4 is 34.7 Å². The minimum absolute atomic E-state index is 0.105. The zero-order valence-corrected chi connectivity index (χ0v) is 19.9. The molecular weight excluding hydrogens is 464 g/mol. The number of amides is 2. The highest BCUT2D eigenvalue weighted by molar-refractivity contribution is 6.00. The van der Waals surface area contributed by atoms with E-state index >= 15 is 0 Å². The van der Waals surface area contributed by atoms with Crippen LogP contribution in [0.5, 0.6) is 0 Å². The lowest BCUT2D eigenvalue weighted by Crippen LogP contribution is -2.41. The highest BCUT2D eigenvalue weighted by atomic mass is 16.5. The van der Waals surface area contributed by atoms with Gasteiger partial charge in [0.25, 0.3) is 5.91 Å². The minimum Gasteiger partial charge on any atom is -0.379 e. The van der Waals surface area contributed by atoms with Crippen LogP contribution in [0, 0.1) is 6.92 Å². The number of carbonyl (C=O) groups is 2. The van der Waals surface area contributed by atoms with Crippen LogP contribution in [-0.4, -0.2) is 88.5 Å². The van der Waals surface area contributed by atoms with E-state index in [0.29, 0.717) is 44.4 Å². The molecule has 13 heteroatoms. The topological polar surface area (TPSA) is 142 Å². The van der Waals surface area contributed by atoms with Crippen LogP contribution in [0.25, 0.3) is 5.69 Å². The van der Waals surface area contributed by atoms with E-state index in [1.165, 1.54) is 6.07 Å². The van der Waals surface area contributed by atoms with Crippen molar-refractivity contribution < 1.29 is 18.4 Å². The summed E-state index contributed by atoms with van der Waals surface area (Å²) >= 11 is 0. The monoisotopic (exact) mass is 495 g/mol. The molecule has 1 aromatic carbocycles. The van der Waals surface area contributed by atoms with Crippen LogP contribution in [-0.2, 0) is 16.1 Å². The summed E-state index contributed by atoms with van der Waals surface area (Å²) in [6.07, 6.45) is 0. The highest BCUT2D eigenvalue weighted by Crippen LogP contribution is 2.38. The molecule has 2 aromatic heterocycles. The number of benzene rings is 1. The van der Waals surface area contributed by atoms with Crippen LogP contribution in [0.15, 0.2) is 24.3 Å². The van der Waals surface area contributed by atoms with Gasteiger partial charge in [0, 0.05) is 37.3 Å². The van der Waals surface area contributed by atoms with E-state index in [2.05, 4.69) is 30.9 Å². The average Bonchev–Trinajstić information content (AvgIpc) is 3.24. The van der Waals surface area contributed by atoms with Gasteiger partial charge in [-0.3, -0.25) is 14.5 Å². The summed E-state index contributed by atoms with van der Waals surface area (Å²) in [6.45, 7) is 2.12. The second-order valence-corrected chi connectivity index (χ2v) is 8.52. The van der Waals surface area contributed by atoms with Gasteiger partial charge in [-0.2, -0.15) is 5.10 Å². The summed E-state index contributed by atoms with van der Waals surface area (Å²) in [5.74, 6) is 0.289. The molecule has 1 fully saturated rings.